The van der Waals surface area contributed by atoms with E-state index in [-0.39, 0.29) is 6.61 Å². The maximum atomic E-state index is 12.1. The Kier molecular flexibility index (Phi) is 5.93. The highest BCUT2D eigenvalue weighted by molar-refractivity contribution is 7.53. The average molecular weight is 341 g/mol. The van der Waals surface area contributed by atoms with Crippen LogP contribution in [0, 0.1) is 0 Å². The lowest BCUT2D eigenvalue weighted by atomic mass is 10.2. The SMILES string of the molecule is O=C(O)[C@@H]1CCCN1C(=O)CP(=O)(O)OCCc1ccccc1. The second kappa shape index (κ2) is 7.73. The zero-order chi connectivity index (χ0) is 16.9. The molecule has 8 heteroatoms. The van der Waals surface area contributed by atoms with Gasteiger partial charge < -0.3 is 19.4 Å². The summed E-state index contributed by atoms with van der Waals surface area (Å²) in [5, 5.41) is 9.04. The van der Waals surface area contributed by atoms with Gasteiger partial charge in [-0.3, -0.25) is 9.36 Å². The molecule has 1 amide bonds. The number of carboxylic acids is 1. The van der Waals surface area contributed by atoms with Crippen molar-refractivity contribution in [2.24, 2.45) is 0 Å². The first-order valence-corrected chi connectivity index (χ1v) is 9.18. The first-order valence-electron chi connectivity index (χ1n) is 7.41. The van der Waals surface area contributed by atoms with Gasteiger partial charge in [-0.15, -0.1) is 0 Å². The van der Waals surface area contributed by atoms with Crippen LogP contribution in [0.15, 0.2) is 30.3 Å². The fraction of sp³-hybridized carbons (Fsp3) is 0.467. The number of carboxylic acid groups (broad SMARTS) is 1. The fourth-order valence-corrected chi connectivity index (χ4v) is 3.57. The first-order chi connectivity index (χ1) is 10.9. The quantitative estimate of drug-likeness (QED) is 0.729. The van der Waals surface area contributed by atoms with Gasteiger partial charge in [0.1, 0.15) is 12.2 Å². The molecule has 126 valence electrons. The van der Waals surface area contributed by atoms with Crippen LogP contribution in [0.1, 0.15) is 18.4 Å². The minimum absolute atomic E-state index is 0.0213. The molecule has 23 heavy (non-hydrogen) atoms. The Balaban J connectivity index is 1.84. The number of carbonyl (C=O) groups excluding carboxylic acids is 1. The number of hydrogen-bond acceptors (Lipinski definition) is 4. The van der Waals surface area contributed by atoms with Crippen molar-refractivity contribution in [1.82, 2.24) is 4.90 Å². The Hall–Kier alpha value is -1.69. The molecular formula is C15H20NO6P. The van der Waals surface area contributed by atoms with Gasteiger partial charge in [-0.25, -0.2) is 4.79 Å². The maximum absolute atomic E-state index is 12.1. The summed E-state index contributed by atoms with van der Waals surface area (Å²) in [7, 11) is -4.08. The van der Waals surface area contributed by atoms with Crippen molar-refractivity contribution in [2.75, 3.05) is 19.3 Å². The minimum Gasteiger partial charge on any atom is -0.480 e. The number of rotatable bonds is 7. The van der Waals surface area contributed by atoms with Gasteiger partial charge in [0.25, 0.3) is 0 Å². The van der Waals surface area contributed by atoms with Crippen LogP contribution in [-0.4, -0.2) is 52.1 Å². The first kappa shape index (κ1) is 17.7. The number of likely N-dealkylation sites (tertiary alicyclic amines) is 1. The predicted octanol–water partition coefficient (Wildman–Crippen LogP) is 1.51. The zero-order valence-electron chi connectivity index (χ0n) is 12.6. The third-order valence-corrected chi connectivity index (χ3v) is 4.98. The van der Waals surface area contributed by atoms with Gasteiger partial charge in [0.15, 0.2) is 0 Å². The molecule has 0 aliphatic carbocycles. The molecular weight excluding hydrogens is 321 g/mol. The monoisotopic (exact) mass is 341 g/mol. The highest BCUT2D eigenvalue weighted by Gasteiger charge is 2.37. The molecule has 1 unspecified atom stereocenters. The summed E-state index contributed by atoms with van der Waals surface area (Å²) < 4.78 is 17.0. The summed E-state index contributed by atoms with van der Waals surface area (Å²) in [4.78, 5) is 34.0. The smallest absolute Gasteiger partial charge is 0.337 e. The van der Waals surface area contributed by atoms with Crippen LogP contribution in [0.2, 0.25) is 0 Å². The van der Waals surface area contributed by atoms with Crippen molar-refractivity contribution in [2.45, 2.75) is 25.3 Å². The molecule has 0 bridgehead atoms. The molecule has 1 saturated heterocycles. The molecule has 1 aromatic rings. The van der Waals surface area contributed by atoms with Crippen LogP contribution >= 0.6 is 7.60 Å². The Morgan fingerprint density at radius 3 is 2.65 bits per heavy atom. The van der Waals surface area contributed by atoms with Gasteiger partial charge in [0.05, 0.1) is 6.61 Å². The number of carbonyl (C=O) groups is 2. The van der Waals surface area contributed by atoms with E-state index in [9.17, 15) is 19.0 Å². The number of nitrogens with zero attached hydrogens (tertiary/aromatic N) is 1. The molecule has 7 nitrogen and oxygen atoms in total. The van der Waals surface area contributed by atoms with Crippen LogP contribution < -0.4 is 0 Å². The standard InChI is InChI=1S/C15H20NO6P/c17-14(16-9-4-7-13(16)15(18)19)11-23(20,21)22-10-8-12-5-2-1-3-6-12/h1-3,5-6,13H,4,7-11H2,(H,18,19)(H,20,21)/t13-/m0/s1. The molecule has 2 N–H and O–H groups in total. The summed E-state index contributed by atoms with van der Waals surface area (Å²) in [6.07, 6.45) is 0.714. The Morgan fingerprint density at radius 2 is 2.00 bits per heavy atom. The van der Waals surface area contributed by atoms with E-state index in [0.717, 1.165) is 10.5 Å². The molecule has 1 aliphatic heterocycles. The number of amides is 1. The zero-order valence-corrected chi connectivity index (χ0v) is 13.5. The molecule has 0 saturated carbocycles. The van der Waals surface area contributed by atoms with Gasteiger partial charge >= 0.3 is 13.6 Å². The van der Waals surface area contributed by atoms with Crippen molar-refractivity contribution >= 4 is 19.5 Å². The number of aliphatic carboxylic acids is 1. The third-order valence-electron chi connectivity index (χ3n) is 3.72. The number of benzene rings is 1. The van der Waals surface area contributed by atoms with Crippen LogP contribution in [0.3, 0.4) is 0 Å². The van der Waals surface area contributed by atoms with Crippen molar-refractivity contribution < 1.29 is 28.7 Å². The predicted molar refractivity (Wildman–Crippen MR) is 83.2 cm³/mol. The summed E-state index contributed by atoms with van der Waals surface area (Å²) in [5.41, 5.74) is 0.962. The van der Waals surface area contributed by atoms with Gasteiger partial charge in [-0.2, -0.15) is 0 Å². The van der Waals surface area contributed by atoms with Gasteiger partial charge in [-0.1, -0.05) is 30.3 Å². The van der Waals surface area contributed by atoms with E-state index < -0.39 is 31.7 Å². The second-order valence-corrected chi connectivity index (χ2v) is 7.30. The second-order valence-electron chi connectivity index (χ2n) is 5.45. The van der Waals surface area contributed by atoms with Crippen molar-refractivity contribution in [3.63, 3.8) is 0 Å². The molecule has 1 heterocycles. The summed E-state index contributed by atoms with van der Waals surface area (Å²) in [6.45, 7) is 0.313. The van der Waals surface area contributed by atoms with E-state index in [2.05, 4.69) is 0 Å². The maximum Gasteiger partial charge on any atom is 0.337 e. The summed E-state index contributed by atoms with van der Waals surface area (Å²) in [5.74, 6) is -1.74. The molecule has 2 atom stereocenters. The third kappa shape index (κ3) is 5.16. The van der Waals surface area contributed by atoms with Gasteiger partial charge in [0, 0.05) is 6.54 Å². The highest BCUT2D eigenvalue weighted by atomic mass is 31.2. The highest BCUT2D eigenvalue weighted by Crippen LogP contribution is 2.42. The average Bonchev–Trinajstić information content (AvgIpc) is 2.97. The topological polar surface area (TPSA) is 104 Å². The largest absolute Gasteiger partial charge is 0.480 e. The Labute approximate surface area is 134 Å². The summed E-state index contributed by atoms with van der Waals surface area (Å²) in [6, 6.07) is 8.42. The fourth-order valence-electron chi connectivity index (χ4n) is 2.58. The van der Waals surface area contributed by atoms with E-state index in [1.165, 1.54) is 0 Å². The lowest BCUT2D eigenvalue weighted by molar-refractivity contribution is -0.147. The van der Waals surface area contributed by atoms with Crippen LogP contribution in [0.25, 0.3) is 0 Å². The summed E-state index contributed by atoms with van der Waals surface area (Å²) >= 11 is 0. The Bertz CT molecular complexity index is 605. The van der Waals surface area contributed by atoms with E-state index in [1.54, 1.807) is 0 Å². The van der Waals surface area contributed by atoms with Crippen molar-refractivity contribution in [3.8, 4) is 0 Å². The molecule has 1 aliphatic rings. The normalized spacial score (nSPS) is 20.2. The van der Waals surface area contributed by atoms with E-state index in [0.29, 0.717) is 25.8 Å². The molecule has 0 aromatic heterocycles. The molecule has 0 radical (unpaired) electrons. The minimum atomic E-state index is -4.08. The molecule has 1 aromatic carbocycles. The van der Waals surface area contributed by atoms with E-state index >= 15 is 0 Å². The molecule has 0 spiro atoms. The van der Waals surface area contributed by atoms with E-state index in [1.807, 2.05) is 30.3 Å². The van der Waals surface area contributed by atoms with Crippen LogP contribution in [-0.2, 0) is 25.1 Å². The Morgan fingerprint density at radius 1 is 1.30 bits per heavy atom. The van der Waals surface area contributed by atoms with Crippen molar-refractivity contribution in [3.05, 3.63) is 35.9 Å². The lowest BCUT2D eigenvalue weighted by Gasteiger charge is -2.22. The van der Waals surface area contributed by atoms with Gasteiger partial charge in [-0.05, 0) is 24.8 Å². The van der Waals surface area contributed by atoms with Crippen LogP contribution in [0.4, 0.5) is 0 Å². The van der Waals surface area contributed by atoms with Crippen molar-refractivity contribution in [1.29, 1.82) is 0 Å². The lowest BCUT2D eigenvalue weighted by Crippen LogP contribution is -2.41. The van der Waals surface area contributed by atoms with Gasteiger partial charge in [0.2, 0.25) is 5.91 Å². The molecule has 2 rings (SSSR count). The van der Waals surface area contributed by atoms with Crippen LogP contribution in [0.5, 0.6) is 0 Å². The number of hydrogen-bond donors (Lipinski definition) is 2. The molecule has 1 fully saturated rings. The van der Waals surface area contributed by atoms with E-state index in [4.69, 9.17) is 9.63 Å².